The average molecular weight is 332 g/mol. The number of halogens is 1. The van der Waals surface area contributed by atoms with Gasteiger partial charge in [-0.1, -0.05) is 41.9 Å². The van der Waals surface area contributed by atoms with Crippen molar-refractivity contribution in [3.63, 3.8) is 0 Å². The Bertz CT molecular complexity index is 668. The standard InChI is InChI=1S/C19H22ClNO2/c1-4-23-17-11-10-15(12-16(17)20)18(22)21-19(2,3)13-14-8-6-5-7-9-14/h5-12H,4,13H2,1-3H3,(H,21,22). The zero-order valence-electron chi connectivity index (χ0n) is 13.7. The SMILES string of the molecule is CCOc1ccc(C(=O)NC(C)(C)Cc2ccccc2)cc1Cl. The molecule has 0 saturated heterocycles. The molecule has 4 heteroatoms. The monoisotopic (exact) mass is 331 g/mol. The highest BCUT2D eigenvalue weighted by atomic mass is 35.5. The largest absolute Gasteiger partial charge is 0.492 e. The fraction of sp³-hybridized carbons (Fsp3) is 0.316. The predicted octanol–water partition coefficient (Wildman–Crippen LogP) is 4.49. The lowest BCUT2D eigenvalue weighted by Crippen LogP contribution is -2.45. The zero-order valence-corrected chi connectivity index (χ0v) is 14.5. The van der Waals surface area contributed by atoms with Crippen LogP contribution in [0.15, 0.2) is 48.5 Å². The summed E-state index contributed by atoms with van der Waals surface area (Å²) < 4.78 is 5.39. The number of ether oxygens (including phenoxy) is 1. The molecule has 0 spiro atoms. The maximum atomic E-state index is 12.5. The van der Waals surface area contributed by atoms with Gasteiger partial charge in [0, 0.05) is 11.1 Å². The number of carbonyl (C=O) groups excluding carboxylic acids is 1. The van der Waals surface area contributed by atoms with Gasteiger partial charge in [0.05, 0.1) is 11.6 Å². The molecule has 0 aliphatic heterocycles. The van der Waals surface area contributed by atoms with Crippen LogP contribution < -0.4 is 10.1 Å². The molecular formula is C19H22ClNO2. The molecule has 0 aliphatic rings. The van der Waals surface area contributed by atoms with E-state index in [2.05, 4.69) is 17.4 Å². The molecule has 122 valence electrons. The highest BCUT2D eigenvalue weighted by Crippen LogP contribution is 2.25. The normalized spacial score (nSPS) is 11.1. The van der Waals surface area contributed by atoms with E-state index in [1.807, 2.05) is 39.0 Å². The second-order valence-corrected chi connectivity index (χ2v) is 6.49. The maximum absolute atomic E-state index is 12.5. The zero-order chi connectivity index (χ0) is 16.9. The molecule has 0 bridgehead atoms. The van der Waals surface area contributed by atoms with E-state index in [0.717, 1.165) is 6.42 Å². The number of rotatable bonds is 6. The van der Waals surface area contributed by atoms with Crippen molar-refractivity contribution >= 4 is 17.5 Å². The van der Waals surface area contributed by atoms with Crippen LogP contribution in [0.2, 0.25) is 5.02 Å². The number of amides is 1. The molecule has 1 amide bonds. The van der Waals surface area contributed by atoms with Crippen molar-refractivity contribution in [3.05, 3.63) is 64.7 Å². The lowest BCUT2D eigenvalue weighted by atomic mass is 9.94. The topological polar surface area (TPSA) is 38.3 Å². The Kier molecular flexibility index (Phi) is 5.67. The first-order valence-corrected chi connectivity index (χ1v) is 8.08. The summed E-state index contributed by atoms with van der Waals surface area (Å²) in [6, 6.07) is 15.2. The van der Waals surface area contributed by atoms with Gasteiger partial charge in [-0.2, -0.15) is 0 Å². The van der Waals surface area contributed by atoms with Crippen molar-refractivity contribution in [1.29, 1.82) is 0 Å². The van der Waals surface area contributed by atoms with Crippen molar-refractivity contribution in [1.82, 2.24) is 5.32 Å². The minimum atomic E-state index is -0.358. The molecule has 0 unspecified atom stereocenters. The third kappa shape index (κ3) is 5.00. The molecule has 2 aromatic rings. The van der Waals surface area contributed by atoms with Gasteiger partial charge in [0.1, 0.15) is 5.75 Å². The summed E-state index contributed by atoms with van der Waals surface area (Å²) in [5, 5.41) is 3.51. The molecule has 0 saturated carbocycles. The molecule has 2 rings (SSSR count). The fourth-order valence-corrected chi connectivity index (χ4v) is 2.68. The van der Waals surface area contributed by atoms with Gasteiger partial charge < -0.3 is 10.1 Å². The predicted molar refractivity (Wildman–Crippen MR) is 94.3 cm³/mol. The van der Waals surface area contributed by atoms with Crippen LogP contribution in [0.25, 0.3) is 0 Å². The van der Waals surface area contributed by atoms with E-state index in [-0.39, 0.29) is 11.4 Å². The van der Waals surface area contributed by atoms with Crippen molar-refractivity contribution in [3.8, 4) is 5.75 Å². The number of benzene rings is 2. The summed E-state index contributed by atoms with van der Waals surface area (Å²) in [5.41, 5.74) is 1.35. The second kappa shape index (κ2) is 7.51. The Morgan fingerprint density at radius 2 is 1.87 bits per heavy atom. The van der Waals surface area contributed by atoms with Crippen LogP contribution in [-0.2, 0) is 6.42 Å². The van der Waals surface area contributed by atoms with Gasteiger partial charge in [-0.15, -0.1) is 0 Å². The number of nitrogens with one attached hydrogen (secondary N) is 1. The maximum Gasteiger partial charge on any atom is 0.251 e. The Morgan fingerprint density at radius 1 is 1.17 bits per heavy atom. The molecule has 23 heavy (non-hydrogen) atoms. The highest BCUT2D eigenvalue weighted by molar-refractivity contribution is 6.32. The minimum absolute atomic E-state index is 0.143. The summed E-state index contributed by atoms with van der Waals surface area (Å²) in [7, 11) is 0. The van der Waals surface area contributed by atoms with E-state index in [1.54, 1.807) is 18.2 Å². The number of hydrogen-bond acceptors (Lipinski definition) is 2. The molecule has 3 nitrogen and oxygen atoms in total. The fourth-order valence-electron chi connectivity index (χ4n) is 2.44. The van der Waals surface area contributed by atoms with Crippen LogP contribution >= 0.6 is 11.6 Å². The smallest absolute Gasteiger partial charge is 0.251 e. The number of carbonyl (C=O) groups is 1. The van der Waals surface area contributed by atoms with Crippen LogP contribution in [-0.4, -0.2) is 18.1 Å². The molecular weight excluding hydrogens is 310 g/mol. The summed E-state index contributed by atoms with van der Waals surface area (Å²) >= 11 is 6.15. The van der Waals surface area contributed by atoms with Crippen LogP contribution in [0.5, 0.6) is 5.75 Å². The van der Waals surface area contributed by atoms with Gasteiger partial charge in [-0.3, -0.25) is 4.79 Å². The van der Waals surface area contributed by atoms with Gasteiger partial charge in [-0.25, -0.2) is 0 Å². The van der Waals surface area contributed by atoms with Crippen molar-refractivity contribution < 1.29 is 9.53 Å². The van der Waals surface area contributed by atoms with E-state index in [0.29, 0.717) is 22.9 Å². The van der Waals surface area contributed by atoms with Gasteiger partial charge in [0.15, 0.2) is 0 Å². The number of hydrogen-bond donors (Lipinski definition) is 1. The quantitative estimate of drug-likeness (QED) is 0.847. The summed E-state index contributed by atoms with van der Waals surface area (Å²) in [4.78, 5) is 12.5. The molecule has 0 radical (unpaired) electrons. The molecule has 0 aliphatic carbocycles. The second-order valence-electron chi connectivity index (χ2n) is 6.08. The van der Waals surface area contributed by atoms with Gasteiger partial charge in [0.2, 0.25) is 0 Å². The van der Waals surface area contributed by atoms with E-state index < -0.39 is 0 Å². The summed E-state index contributed by atoms with van der Waals surface area (Å²) in [5.74, 6) is 0.449. The van der Waals surface area contributed by atoms with Crippen LogP contribution in [0.1, 0.15) is 36.7 Å². The van der Waals surface area contributed by atoms with Crippen molar-refractivity contribution in [2.24, 2.45) is 0 Å². The molecule has 0 fully saturated rings. The van der Waals surface area contributed by atoms with Crippen LogP contribution in [0, 0.1) is 0 Å². The van der Waals surface area contributed by atoms with Crippen LogP contribution in [0.4, 0.5) is 0 Å². The van der Waals surface area contributed by atoms with Gasteiger partial charge in [0.25, 0.3) is 5.91 Å². The lowest BCUT2D eigenvalue weighted by Gasteiger charge is -2.26. The van der Waals surface area contributed by atoms with Gasteiger partial charge in [-0.05, 0) is 51.0 Å². The first kappa shape index (κ1) is 17.4. The Labute approximate surface area is 142 Å². The van der Waals surface area contributed by atoms with E-state index >= 15 is 0 Å². The Morgan fingerprint density at radius 3 is 2.48 bits per heavy atom. The molecule has 1 N–H and O–H groups in total. The Balaban J connectivity index is 2.07. The lowest BCUT2D eigenvalue weighted by molar-refractivity contribution is 0.0913. The van der Waals surface area contributed by atoms with E-state index in [1.165, 1.54) is 5.56 Å². The van der Waals surface area contributed by atoms with Crippen molar-refractivity contribution in [2.75, 3.05) is 6.61 Å². The molecule has 0 atom stereocenters. The third-order valence-corrected chi connectivity index (χ3v) is 3.73. The minimum Gasteiger partial charge on any atom is -0.492 e. The summed E-state index contributed by atoms with van der Waals surface area (Å²) in [6.07, 6.45) is 0.754. The van der Waals surface area contributed by atoms with Gasteiger partial charge >= 0.3 is 0 Å². The molecule has 0 aromatic heterocycles. The van der Waals surface area contributed by atoms with Crippen molar-refractivity contribution in [2.45, 2.75) is 32.7 Å². The highest BCUT2D eigenvalue weighted by Gasteiger charge is 2.22. The first-order chi connectivity index (χ1) is 10.9. The van der Waals surface area contributed by atoms with E-state index in [9.17, 15) is 4.79 Å². The molecule has 2 aromatic carbocycles. The molecule has 0 heterocycles. The summed E-state index contributed by atoms with van der Waals surface area (Å²) in [6.45, 7) is 6.45. The van der Waals surface area contributed by atoms with E-state index in [4.69, 9.17) is 16.3 Å². The van der Waals surface area contributed by atoms with Crippen LogP contribution in [0.3, 0.4) is 0 Å². The average Bonchev–Trinajstić information content (AvgIpc) is 2.49. The first-order valence-electron chi connectivity index (χ1n) is 7.70. The third-order valence-electron chi connectivity index (χ3n) is 3.43. The Hall–Kier alpha value is -2.00.